The Kier molecular flexibility index (Phi) is 4.33. The zero-order valence-corrected chi connectivity index (χ0v) is 12.2. The smallest absolute Gasteiger partial charge is 0.171 e. The van der Waals surface area contributed by atoms with Gasteiger partial charge in [0.25, 0.3) is 0 Å². The molecule has 0 aromatic carbocycles. The van der Waals surface area contributed by atoms with Crippen LogP contribution in [0.15, 0.2) is 0 Å². The van der Waals surface area contributed by atoms with Crippen molar-refractivity contribution in [1.82, 2.24) is 14.9 Å². The fourth-order valence-electron chi connectivity index (χ4n) is 1.15. The van der Waals surface area contributed by atoms with Gasteiger partial charge in [-0.2, -0.15) is 0 Å². The molecule has 0 saturated carbocycles. The third-order valence-electron chi connectivity index (χ3n) is 3.16. The van der Waals surface area contributed by atoms with Crippen molar-refractivity contribution in [2.24, 2.45) is 0 Å². The minimum atomic E-state index is 0.0315. The maximum atomic E-state index is 6.06. The Bertz CT molecular complexity index is 402. The highest BCUT2D eigenvalue weighted by atomic mass is 35.5. The predicted octanol–water partition coefficient (Wildman–Crippen LogP) is 2.50. The van der Waals surface area contributed by atoms with Crippen LogP contribution in [-0.4, -0.2) is 41.0 Å². The Morgan fingerprint density at radius 3 is 2.24 bits per heavy atom. The van der Waals surface area contributed by atoms with Gasteiger partial charge in [0, 0.05) is 12.1 Å². The molecule has 1 heterocycles. The summed E-state index contributed by atoms with van der Waals surface area (Å²) in [5.74, 6) is 0.657. The maximum absolute atomic E-state index is 6.06. The molecule has 0 bridgehead atoms. The van der Waals surface area contributed by atoms with E-state index in [2.05, 4.69) is 48.1 Å². The van der Waals surface area contributed by atoms with Crippen molar-refractivity contribution in [3.8, 4) is 0 Å². The van der Waals surface area contributed by atoms with Gasteiger partial charge >= 0.3 is 0 Å². The zero-order chi connectivity index (χ0) is 13.2. The monoisotopic (exact) mass is 256 g/mol. The summed E-state index contributed by atoms with van der Waals surface area (Å²) < 4.78 is 0. The fraction of sp³-hybridized carbons (Fsp3) is 0.667. The first-order valence-corrected chi connectivity index (χ1v) is 6.04. The van der Waals surface area contributed by atoms with Crippen LogP contribution >= 0.6 is 11.6 Å². The van der Waals surface area contributed by atoms with E-state index in [4.69, 9.17) is 11.6 Å². The second-order valence-electron chi connectivity index (χ2n) is 5.09. The van der Waals surface area contributed by atoms with Crippen molar-refractivity contribution in [2.45, 2.75) is 33.2 Å². The van der Waals surface area contributed by atoms with Gasteiger partial charge in [0.15, 0.2) is 11.0 Å². The number of hydrogen-bond donors (Lipinski definition) is 1. The third kappa shape index (κ3) is 3.54. The van der Waals surface area contributed by atoms with Crippen molar-refractivity contribution in [3.63, 3.8) is 0 Å². The van der Waals surface area contributed by atoms with Gasteiger partial charge in [-0.15, -0.1) is 0 Å². The molecular weight excluding hydrogens is 236 g/mol. The van der Waals surface area contributed by atoms with Crippen LogP contribution in [0.2, 0.25) is 5.15 Å². The lowest BCUT2D eigenvalue weighted by Crippen LogP contribution is -2.44. The molecule has 0 radical (unpaired) electrons. The molecule has 1 aromatic heterocycles. The molecule has 0 unspecified atom stereocenters. The van der Waals surface area contributed by atoms with E-state index in [9.17, 15) is 0 Å². The molecule has 1 aromatic rings. The quantitative estimate of drug-likeness (QED) is 0.899. The summed E-state index contributed by atoms with van der Waals surface area (Å²) in [7, 11) is 4.10. The summed E-state index contributed by atoms with van der Waals surface area (Å²) in [5.41, 5.74) is 1.80. The SMILES string of the molecule is Cc1nc(Cl)c(NCC(C)(C)N(C)C)nc1C. The first kappa shape index (κ1) is 14.2. The van der Waals surface area contributed by atoms with Crippen LogP contribution in [0.25, 0.3) is 0 Å². The number of halogens is 1. The van der Waals surface area contributed by atoms with Crippen LogP contribution in [0, 0.1) is 13.8 Å². The average molecular weight is 257 g/mol. The van der Waals surface area contributed by atoms with Gasteiger partial charge in [0.05, 0.1) is 11.4 Å². The summed E-state index contributed by atoms with van der Waals surface area (Å²) in [6.45, 7) is 8.91. The Morgan fingerprint density at radius 1 is 1.18 bits per heavy atom. The summed E-state index contributed by atoms with van der Waals surface area (Å²) in [6, 6.07) is 0. The second-order valence-corrected chi connectivity index (χ2v) is 5.45. The second kappa shape index (κ2) is 5.19. The van der Waals surface area contributed by atoms with Crippen molar-refractivity contribution < 1.29 is 0 Å². The van der Waals surface area contributed by atoms with Crippen molar-refractivity contribution in [1.29, 1.82) is 0 Å². The standard InChI is InChI=1S/C12H21ClN4/c1-8-9(2)16-11(10(13)15-8)14-7-12(3,4)17(5)6/h7H2,1-6H3,(H,14,16). The fourth-order valence-corrected chi connectivity index (χ4v) is 1.38. The first-order valence-electron chi connectivity index (χ1n) is 5.66. The number of anilines is 1. The summed E-state index contributed by atoms with van der Waals surface area (Å²) in [4.78, 5) is 10.8. The molecule has 96 valence electrons. The molecule has 0 saturated heterocycles. The highest BCUT2D eigenvalue weighted by molar-refractivity contribution is 6.31. The molecule has 0 aliphatic carbocycles. The molecule has 1 rings (SSSR count). The Morgan fingerprint density at radius 2 is 1.71 bits per heavy atom. The molecule has 0 spiro atoms. The molecule has 0 aliphatic rings. The maximum Gasteiger partial charge on any atom is 0.171 e. The van der Waals surface area contributed by atoms with E-state index in [1.807, 2.05) is 13.8 Å². The van der Waals surface area contributed by atoms with Gasteiger partial charge < -0.3 is 10.2 Å². The lowest BCUT2D eigenvalue weighted by Gasteiger charge is -2.32. The Labute approximate surface area is 108 Å². The number of nitrogens with one attached hydrogen (secondary N) is 1. The number of hydrogen-bond acceptors (Lipinski definition) is 4. The molecule has 0 aliphatic heterocycles. The summed E-state index contributed by atoms with van der Waals surface area (Å²) in [5, 5.41) is 3.69. The number of nitrogens with zero attached hydrogens (tertiary/aromatic N) is 3. The third-order valence-corrected chi connectivity index (χ3v) is 3.43. The predicted molar refractivity (Wildman–Crippen MR) is 72.8 cm³/mol. The molecule has 1 N–H and O–H groups in total. The summed E-state index contributed by atoms with van der Waals surface area (Å²) in [6.07, 6.45) is 0. The van der Waals surface area contributed by atoms with E-state index in [-0.39, 0.29) is 5.54 Å². The topological polar surface area (TPSA) is 41.1 Å². The highest BCUT2D eigenvalue weighted by Gasteiger charge is 2.20. The molecule has 0 atom stereocenters. The van der Waals surface area contributed by atoms with Gasteiger partial charge in [0.1, 0.15) is 0 Å². The van der Waals surface area contributed by atoms with Gasteiger partial charge in [-0.1, -0.05) is 11.6 Å². The van der Waals surface area contributed by atoms with E-state index in [1.54, 1.807) is 0 Å². The number of likely N-dealkylation sites (N-methyl/N-ethyl adjacent to an activating group) is 1. The van der Waals surface area contributed by atoms with Crippen LogP contribution in [-0.2, 0) is 0 Å². The minimum absolute atomic E-state index is 0.0315. The van der Waals surface area contributed by atoms with Crippen LogP contribution in [0.4, 0.5) is 5.82 Å². The highest BCUT2D eigenvalue weighted by Crippen LogP contribution is 2.20. The summed E-state index contributed by atoms with van der Waals surface area (Å²) >= 11 is 6.06. The molecule has 5 heteroatoms. The lowest BCUT2D eigenvalue weighted by atomic mass is 10.0. The van der Waals surface area contributed by atoms with Crippen molar-refractivity contribution >= 4 is 17.4 Å². The van der Waals surface area contributed by atoms with E-state index in [1.165, 1.54) is 0 Å². The van der Waals surface area contributed by atoms with E-state index in [0.717, 1.165) is 17.9 Å². The number of rotatable bonds is 4. The number of aromatic nitrogens is 2. The lowest BCUT2D eigenvalue weighted by molar-refractivity contribution is 0.210. The largest absolute Gasteiger partial charge is 0.366 e. The van der Waals surface area contributed by atoms with Crippen LogP contribution in [0.3, 0.4) is 0 Å². The minimum Gasteiger partial charge on any atom is -0.366 e. The Hall–Kier alpha value is -0.870. The van der Waals surface area contributed by atoms with Crippen LogP contribution in [0.5, 0.6) is 0 Å². The van der Waals surface area contributed by atoms with Gasteiger partial charge in [0.2, 0.25) is 0 Å². The van der Waals surface area contributed by atoms with Crippen LogP contribution < -0.4 is 5.32 Å². The van der Waals surface area contributed by atoms with E-state index >= 15 is 0 Å². The molecule has 0 amide bonds. The Balaban J connectivity index is 2.80. The van der Waals surface area contributed by atoms with Crippen molar-refractivity contribution in [2.75, 3.05) is 26.0 Å². The van der Waals surface area contributed by atoms with Gasteiger partial charge in [-0.25, -0.2) is 9.97 Å². The number of aryl methyl sites for hydroxylation is 2. The zero-order valence-electron chi connectivity index (χ0n) is 11.4. The van der Waals surface area contributed by atoms with E-state index < -0.39 is 0 Å². The molecular formula is C12H21ClN4. The normalized spacial score (nSPS) is 12.0. The molecule has 4 nitrogen and oxygen atoms in total. The average Bonchev–Trinajstić information content (AvgIpc) is 2.21. The molecule has 17 heavy (non-hydrogen) atoms. The van der Waals surface area contributed by atoms with Gasteiger partial charge in [-0.3, -0.25) is 0 Å². The van der Waals surface area contributed by atoms with Gasteiger partial charge in [-0.05, 0) is 41.8 Å². The molecule has 0 fully saturated rings. The van der Waals surface area contributed by atoms with Crippen molar-refractivity contribution in [3.05, 3.63) is 16.5 Å². The van der Waals surface area contributed by atoms with E-state index in [0.29, 0.717) is 11.0 Å². The first-order chi connectivity index (χ1) is 7.74. The van der Waals surface area contributed by atoms with Crippen LogP contribution in [0.1, 0.15) is 25.2 Å².